The van der Waals surface area contributed by atoms with E-state index in [0.29, 0.717) is 0 Å². The van der Waals surface area contributed by atoms with Crippen molar-refractivity contribution in [1.29, 1.82) is 0 Å². The van der Waals surface area contributed by atoms with Gasteiger partial charge in [0, 0.05) is 50.5 Å². The molecule has 9 aromatic carbocycles. The molecule has 3 heterocycles. The van der Waals surface area contributed by atoms with Crippen LogP contribution in [0.1, 0.15) is 79.0 Å². The van der Waals surface area contributed by atoms with E-state index in [1.807, 2.05) is 6.07 Å². The smallest absolute Gasteiger partial charge is 0.252 e. The van der Waals surface area contributed by atoms with Crippen molar-refractivity contribution < 1.29 is 4.42 Å². The van der Waals surface area contributed by atoms with Crippen LogP contribution >= 0.6 is 0 Å². The second-order valence-corrected chi connectivity index (χ2v) is 22.6. The van der Waals surface area contributed by atoms with Crippen LogP contribution < -0.4 is 26.2 Å². The van der Waals surface area contributed by atoms with Crippen molar-refractivity contribution in [2.75, 3.05) is 9.80 Å². The highest BCUT2D eigenvalue weighted by atomic mass is 16.3. The zero-order chi connectivity index (χ0) is 48.3. The molecule has 0 atom stereocenters. The van der Waals surface area contributed by atoms with Crippen LogP contribution in [0, 0.1) is 0 Å². The van der Waals surface area contributed by atoms with E-state index in [2.05, 4.69) is 260 Å². The Labute approximate surface area is 414 Å². The van der Waals surface area contributed by atoms with Gasteiger partial charge in [0.1, 0.15) is 11.2 Å². The number of furan rings is 1. The summed E-state index contributed by atoms with van der Waals surface area (Å²) in [7, 11) is 0. The van der Waals surface area contributed by atoms with E-state index in [1.54, 1.807) is 0 Å². The zero-order valence-corrected chi connectivity index (χ0v) is 41.9. The van der Waals surface area contributed by atoms with Crippen molar-refractivity contribution in [3.05, 3.63) is 211 Å². The van der Waals surface area contributed by atoms with Crippen LogP contribution in [0.4, 0.5) is 34.1 Å². The van der Waals surface area contributed by atoms with Gasteiger partial charge in [-0.1, -0.05) is 202 Å². The first-order valence-corrected chi connectivity index (χ1v) is 24.9. The van der Waals surface area contributed by atoms with Gasteiger partial charge in [-0.3, -0.25) is 0 Å². The summed E-state index contributed by atoms with van der Waals surface area (Å²) < 4.78 is 6.56. The fourth-order valence-corrected chi connectivity index (χ4v) is 11.2. The Bertz CT molecular complexity index is 3660. The maximum atomic E-state index is 6.56. The summed E-state index contributed by atoms with van der Waals surface area (Å²) in [4.78, 5) is 5.12. The van der Waals surface area contributed by atoms with Crippen LogP contribution in [0.2, 0.25) is 0 Å². The number of anilines is 6. The highest BCUT2D eigenvalue weighted by Gasteiger charge is 2.45. The minimum absolute atomic E-state index is 0.0270. The molecular weight excluding hydrogens is 848 g/mol. The molecule has 1 aromatic heterocycles. The third-order valence-electron chi connectivity index (χ3n) is 14.9. The van der Waals surface area contributed by atoms with Crippen molar-refractivity contribution in [3.8, 4) is 33.4 Å². The molecule has 0 unspecified atom stereocenters. The molecule has 4 heteroatoms. The maximum Gasteiger partial charge on any atom is 0.252 e. The predicted molar refractivity (Wildman–Crippen MR) is 300 cm³/mol. The standard InChI is InChI=1S/C66H59BN2O/c1-64(2,3)46-31-36-55-58(39-46)69(49-32-26-43(27-33-49)42-18-11-10-12-19-42)60-41-47(65(4,5)6)40-59-62(60)67(55)56-38-45(50-20-13-15-24-54(50)66(7,8)9)30-37-57(56)68(59)48-34-28-44(29-35-48)51-22-17-23-53-52-21-14-16-25-61(52)70-63(51)53/h10-41H,1-9H3. The Morgan fingerprint density at radius 1 is 0.371 bits per heavy atom. The molecule has 0 saturated heterocycles. The Hall–Kier alpha value is -7.56. The number of benzene rings is 9. The Morgan fingerprint density at radius 2 is 0.929 bits per heavy atom. The normalized spacial score (nSPS) is 13.4. The van der Waals surface area contributed by atoms with Crippen LogP contribution in [-0.4, -0.2) is 6.71 Å². The molecule has 0 amide bonds. The SMILES string of the molecule is CC(C)(C)c1ccc2c(c1)N(c1ccc(-c3ccccc3)cc1)c1cc(C(C)(C)C)cc3c1B2c1cc(-c2ccccc2C(C)(C)C)ccc1N3c1ccc(-c2cccc3c2oc2ccccc23)cc1. The molecule has 2 aliphatic rings. The second-order valence-electron chi connectivity index (χ2n) is 22.6. The molecule has 342 valence electrons. The maximum absolute atomic E-state index is 6.56. The van der Waals surface area contributed by atoms with Gasteiger partial charge in [-0.15, -0.1) is 0 Å². The van der Waals surface area contributed by atoms with Crippen molar-refractivity contribution in [3.63, 3.8) is 0 Å². The van der Waals surface area contributed by atoms with Gasteiger partial charge in [0.05, 0.1) is 0 Å². The summed E-state index contributed by atoms with van der Waals surface area (Å²) in [6, 6.07) is 72.5. The van der Waals surface area contributed by atoms with E-state index >= 15 is 0 Å². The molecule has 0 N–H and O–H groups in total. The largest absolute Gasteiger partial charge is 0.455 e. The highest BCUT2D eigenvalue weighted by Crippen LogP contribution is 2.48. The summed E-state index contributed by atoms with van der Waals surface area (Å²) in [6.07, 6.45) is 0. The topological polar surface area (TPSA) is 19.6 Å². The molecule has 12 rings (SSSR count). The lowest BCUT2D eigenvalue weighted by Crippen LogP contribution is -2.61. The first-order valence-electron chi connectivity index (χ1n) is 24.9. The Balaban J connectivity index is 1.12. The molecule has 10 aromatic rings. The second kappa shape index (κ2) is 16.0. The predicted octanol–water partition coefficient (Wildman–Crippen LogP) is 16.6. The number of hydrogen-bond donors (Lipinski definition) is 0. The van der Waals surface area contributed by atoms with Crippen LogP contribution in [0.15, 0.2) is 199 Å². The minimum Gasteiger partial charge on any atom is -0.455 e. The van der Waals surface area contributed by atoms with E-state index in [-0.39, 0.29) is 23.0 Å². The number of nitrogens with zero attached hydrogens (tertiary/aromatic N) is 2. The molecule has 0 fully saturated rings. The average molecular weight is 907 g/mol. The first kappa shape index (κ1) is 43.7. The van der Waals surface area contributed by atoms with Crippen LogP contribution in [0.3, 0.4) is 0 Å². The van der Waals surface area contributed by atoms with E-state index in [9.17, 15) is 0 Å². The number of para-hydroxylation sites is 2. The van der Waals surface area contributed by atoms with Gasteiger partial charge in [0.25, 0.3) is 6.71 Å². The third kappa shape index (κ3) is 7.18. The van der Waals surface area contributed by atoms with E-state index < -0.39 is 0 Å². The molecule has 2 aliphatic heterocycles. The molecule has 0 aliphatic carbocycles. The first-order chi connectivity index (χ1) is 33.6. The Morgan fingerprint density at radius 3 is 1.61 bits per heavy atom. The van der Waals surface area contributed by atoms with Crippen LogP contribution in [-0.2, 0) is 16.2 Å². The summed E-state index contributed by atoms with van der Waals surface area (Å²) in [5.41, 5.74) is 23.8. The molecular formula is C66H59BN2O. The number of hydrogen-bond acceptors (Lipinski definition) is 3. The summed E-state index contributed by atoms with van der Waals surface area (Å²) in [5, 5.41) is 2.28. The summed E-state index contributed by atoms with van der Waals surface area (Å²) in [6.45, 7) is 21.0. The van der Waals surface area contributed by atoms with Gasteiger partial charge in [0.15, 0.2) is 0 Å². The van der Waals surface area contributed by atoms with Gasteiger partial charge < -0.3 is 14.2 Å². The van der Waals surface area contributed by atoms with Crippen molar-refractivity contribution >= 4 is 79.2 Å². The minimum atomic E-state index is -0.140. The lowest BCUT2D eigenvalue weighted by molar-refractivity contribution is 0.590. The lowest BCUT2D eigenvalue weighted by Gasteiger charge is -2.45. The van der Waals surface area contributed by atoms with Gasteiger partial charge >= 0.3 is 0 Å². The number of fused-ring (bicyclic) bond motifs is 7. The summed E-state index contributed by atoms with van der Waals surface area (Å²) in [5.74, 6) is 0. The van der Waals surface area contributed by atoms with E-state index in [4.69, 9.17) is 4.42 Å². The van der Waals surface area contributed by atoms with Gasteiger partial charge in [0.2, 0.25) is 0 Å². The van der Waals surface area contributed by atoms with Crippen LogP contribution in [0.25, 0.3) is 55.3 Å². The molecule has 0 saturated carbocycles. The third-order valence-corrected chi connectivity index (χ3v) is 14.9. The summed E-state index contributed by atoms with van der Waals surface area (Å²) >= 11 is 0. The van der Waals surface area contributed by atoms with Crippen molar-refractivity contribution in [2.45, 2.75) is 78.6 Å². The molecule has 0 radical (unpaired) electrons. The van der Waals surface area contributed by atoms with Crippen LogP contribution in [0.5, 0.6) is 0 Å². The van der Waals surface area contributed by atoms with Gasteiger partial charge in [-0.05, 0) is 132 Å². The van der Waals surface area contributed by atoms with E-state index in [0.717, 1.165) is 44.4 Å². The van der Waals surface area contributed by atoms with Gasteiger partial charge in [-0.25, -0.2) is 0 Å². The average Bonchev–Trinajstić information content (AvgIpc) is 3.75. The van der Waals surface area contributed by atoms with Gasteiger partial charge in [-0.2, -0.15) is 0 Å². The number of rotatable bonds is 5. The van der Waals surface area contributed by atoms with Crippen molar-refractivity contribution in [1.82, 2.24) is 0 Å². The zero-order valence-electron chi connectivity index (χ0n) is 41.9. The van der Waals surface area contributed by atoms with E-state index in [1.165, 1.54) is 78.1 Å². The highest BCUT2D eigenvalue weighted by molar-refractivity contribution is 7.00. The fourth-order valence-electron chi connectivity index (χ4n) is 11.2. The quantitative estimate of drug-likeness (QED) is 0.160. The van der Waals surface area contributed by atoms with Crippen molar-refractivity contribution in [2.24, 2.45) is 0 Å². The molecule has 70 heavy (non-hydrogen) atoms. The molecule has 0 bridgehead atoms. The molecule has 0 spiro atoms. The molecule has 3 nitrogen and oxygen atoms in total. The Kier molecular flexibility index (Phi) is 9.99. The monoisotopic (exact) mass is 906 g/mol. The lowest BCUT2D eigenvalue weighted by atomic mass is 9.33. The fraction of sp³-hybridized carbons (Fsp3) is 0.182.